The maximum atomic E-state index is 13.5. The van der Waals surface area contributed by atoms with Crippen LogP contribution in [0.3, 0.4) is 0 Å². The standard InChI is InChI=1S/C31H31N5O9/c1-20-7-10-26(27(17-20)43-2)44-29(37)11-14-34-15-12-31(13-16-34,28-19-32-23-5-3-4-6-24(23)33-28)45-30(38)22-9-8-21(35(39)40)18-25(22)36(41)42/h3-10,17-19,29,37H,11-16H2,1-2H3/t29-/m0/s1. The number of aliphatic hydroxyl groups excluding tert-OH is 1. The number of nitrogens with zero attached hydrogens (tertiary/aromatic N) is 5. The van der Waals surface area contributed by atoms with Gasteiger partial charge in [-0.15, -0.1) is 0 Å². The highest BCUT2D eigenvalue weighted by molar-refractivity contribution is 5.94. The fourth-order valence-corrected chi connectivity index (χ4v) is 5.29. The molecule has 14 nitrogen and oxygen atoms in total. The van der Waals surface area contributed by atoms with Crippen molar-refractivity contribution in [3.63, 3.8) is 0 Å². The molecule has 0 aliphatic carbocycles. The Morgan fingerprint density at radius 1 is 1.02 bits per heavy atom. The van der Waals surface area contributed by atoms with E-state index in [1.165, 1.54) is 13.3 Å². The minimum absolute atomic E-state index is 0.273. The molecule has 0 bridgehead atoms. The van der Waals surface area contributed by atoms with Crippen LogP contribution in [-0.4, -0.2) is 68.8 Å². The third kappa shape index (κ3) is 6.97. The van der Waals surface area contributed by atoms with Gasteiger partial charge in [-0.2, -0.15) is 0 Å². The topological polar surface area (TPSA) is 180 Å². The Kier molecular flexibility index (Phi) is 9.16. The molecule has 1 atom stereocenters. The summed E-state index contributed by atoms with van der Waals surface area (Å²) in [4.78, 5) is 46.1. The molecule has 3 aromatic carbocycles. The monoisotopic (exact) mass is 617 g/mol. The molecule has 2 heterocycles. The van der Waals surface area contributed by atoms with E-state index in [1.807, 2.05) is 31.2 Å². The van der Waals surface area contributed by atoms with E-state index in [4.69, 9.17) is 19.2 Å². The lowest BCUT2D eigenvalue weighted by atomic mass is 9.87. The lowest BCUT2D eigenvalue weighted by molar-refractivity contribution is -0.394. The number of hydrogen-bond donors (Lipinski definition) is 1. The molecule has 1 saturated heterocycles. The quantitative estimate of drug-likeness (QED) is 0.106. The van der Waals surface area contributed by atoms with E-state index < -0.39 is 44.6 Å². The number of para-hydroxylation sites is 2. The van der Waals surface area contributed by atoms with Crippen LogP contribution < -0.4 is 9.47 Å². The van der Waals surface area contributed by atoms with Gasteiger partial charge in [0.05, 0.1) is 40.3 Å². The Labute approximate surface area is 257 Å². The lowest BCUT2D eigenvalue weighted by Gasteiger charge is -2.40. The first-order valence-corrected chi connectivity index (χ1v) is 14.2. The highest BCUT2D eigenvalue weighted by Crippen LogP contribution is 2.38. The first-order chi connectivity index (χ1) is 21.6. The molecular weight excluding hydrogens is 586 g/mol. The summed E-state index contributed by atoms with van der Waals surface area (Å²) in [5.74, 6) is -0.0605. The Bertz CT molecular complexity index is 1740. The number of carbonyl (C=O) groups is 1. The maximum Gasteiger partial charge on any atom is 0.346 e. The van der Waals surface area contributed by atoms with Gasteiger partial charge in [0.25, 0.3) is 11.4 Å². The van der Waals surface area contributed by atoms with E-state index in [9.17, 15) is 30.1 Å². The van der Waals surface area contributed by atoms with Gasteiger partial charge in [-0.25, -0.2) is 9.78 Å². The summed E-state index contributed by atoms with van der Waals surface area (Å²) < 4.78 is 17.1. The Balaban J connectivity index is 1.34. The molecule has 5 rings (SSSR count). The van der Waals surface area contributed by atoms with Gasteiger partial charge in [0.15, 0.2) is 23.4 Å². The minimum atomic E-state index is -1.29. The summed E-state index contributed by atoms with van der Waals surface area (Å²) in [6.07, 6.45) is 1.27. The van der Waals surface area contributed by atoms with E-state index in [0.29, 0.717) is 47.9 Å². The number of benzene rings is 3. The predicted molar refractivity (Wildman–Crippen MR) is 161 cm³/mol. The number of non-ortho nitro benzene ring substituents is 1. The summed E-state index contributed by atoms with van der Waals surface area (Å²) in [6.45, 7) is 3.26. The van der Waals surface area contributed by atoms with Gasteiger partial charge in [-0.05, 0) is 42.8 Å². The third-order valence-electron chi connectivity index (χ3n) is 7.75. The summed E-state index contributed by atoms with van der Waals surface area (Å²) in [6, 6.07) is 15.4. The van der Waals surface area contributed by atoms with Gasteiger partial charge in [-0.3, -0.25) is 25.2 Å². The lowest BCUT2D eigenvalue weighted by Crippen LogP contribution is -2.46. The fraction of sp³-hybridized carbons (Fsp3) is 0.323. The zero-order chi connectivity index (χ0) is 32.1. The molecular formula is C31H31N5O9. The number of nitro groups is 2. The second-order valence-electron chi connectivity index (χ2n) is 10.7. The number of nitro benzene ring substituents is 2. The number of likely N-dealkylation sites (tertiary alicyclic amines) is 1. The van der Waals surface area contributed by atoms with E-state index in [-0.39, 0.29) is 19.3 Å². The number of ether oxygens (including phenoxy) is 3. The molecule has 45 heavy (non-hydrogen) atoms. The molecule has 1 fully saturated rings. The van der Waals surface area contributed by atoms with Gasteiger partial charge in [0.2, 0.25) is 0 Å². The molecule has 0 amide bonds. The van der Waals surface area contributed by atoms with Crippen LogP contribution >= 0.6 is 0 Å². The van der Waals surface area contributed by atoms with Gasteiger partial charge >= 0.3 is 5.97 Å². The van der Waals surface area contributed by atoms with Crippen LogP contribution in [-0.2, 0) is 10.3 Å². The van der Waals surface area contributed by atoms with Crippen LogP contribution in [0, 0.1) is 27.2 Å². The molecule has 4 aromatic rings. The molecule has 0 saturated carbocycles. The van der Waals surface area contributed by atoms with Crippen LogP contribution in [0.4, 0.5) is 11.4 Å². The number of hydrogen-bond acceptors (Lipinski definition) is 12. The molecule has 1 aromatic heterocycles. The number of fused-ring (bicyclic) bond motifs is 1. The van der Waals surface area contributed by atoms with Crippen LogP contribution in [0.15, 0.2) is 66.9 Å². The highest BCUT2D eigenvalue weighted by Gasteiger charge is 2.43. The van der Waals surface area contributed by atoms with E-state index in [1.54, 1.807) is 18.2 Å². The van der Waals surface area contributed by atoms with Crippen molar-refractivity contribution < 1.29 is 34.0 Å². The number of aromatic nitrogens is 2. The van der Waals surface area contributed by atoms with Crippen molar-refractivity contribution >= 4 is 28.4 Å². The highest BCUT2D eigenvalue weighted by atomic mass is 16.6. The van der Waals surface area contributed by atoms with Gasteiger partial charge in [-0.1, -0.05) is 18.2 Å². The van der Waals surface area contributed by atoms with Gasteiger partial charge < -0.3 is 24.2 Å². The maximum absolute atomic E-state index is 13.5. The van der Waals surface area contributed by atoms with Crippen LogP contribution in [0.1, 0.15) is 40.9 Å². The Morgan fingerprint density at radius 2 is 1.76 bits per heavy atom. The van der Waals surface area contributed by atoms with Crippen LogP contribution in [0.2, 0.25) is 0 Å². The van der Waals surface area contributed by atoms with Crippen molar-refractivity contribution in [1.82, 2.24) is 14.9 Å². The summed E-state index contributed by atoms with van der Waals surface area (Å²) in [7, 11) is 1.53. The van der Waals surface area contributed by atoms with E-state index in [2.05, 4.69) is 9.88 Å². The average molecular weight is 618 g/mol. The molecule has 0 spiro atoms. The molecule has 1 aliphatic heterocycles. The normalized spacial score (nSPS) is 15.3. The summed E-state index contributed by atoms with van der Waals surface area (Å²) in [5, 5.41) is 33.5. The predicted octanol–water partition coefficient (Wildman–Crippen LogP) is 4.70. The van der Waals surface area contributed by atoms with Gasteiger partial charge in [0.1, 0.15) is 11.3 Å². The van der Waals surface area contributed by atoms with Crippen molar-refractivity contribution in [2.75, 3.05) is 26.7 Å². The number of piperidine rings is 1. The first kappa shape index (κ1) is 31.2. The number of methoxy groups -OCH3 is 1. The molecule has 0 radical (unpaired) electrons. The number of carbonyl (C=O) groups excluding carboxylic acids is 1. The molecule has 14 heteroatoms. The van der Waals surface area contributed by atoms with Crippen molar-refractivity contribution in [2.45, 2.75) is 38.1 Å². The number of aliphatic hydroxyl groups is 1. The van der Waals surface area contributed by atoms with Gasteiger partial charge in [0, 0.05) is 45.0 Å². The van der Waals surface area contributed by atoms with Crippen molar-refractivity contribution in [3.8, 4) is 11.5 Å². The van der Waals surface area contributed by atoms with Crippen molar-refractivity contribution in [2.24, 2.45) is 0 Å². The van der Waals surface area contributed by atoms with Crippen LogP contribution in [0.5, 0.6) is 11.5 Å². The largest absolute Gasteiger partial charge is 0.493 e. The zero-order valence-electron chi connectivity index (χ0n) is 24.6. The number of rotatable bonds is 11. The number of esters is 1. The zero-order valence-corrected chi connectivity index (χ0v) is 24.6. The third-order valence-corrected chi connectivity index (χ3v) is 7.75. The average Bonchev–Trinajstić information content (AvgIpc) is 3.04. The Morgan fingerprint density at radius 3 is 2.44 bits per heavy atom. The van der Waals surface area contributed by atoms with Crippen LogP contribution in [0.25, 0.3) is 11.0 Å². The second-order valence-corrected chi connectivity index (χ2v) is 10.7. The van der Waals surface area contributed by atoms with Crippen molar-refractivity contribution in [3.05, 3.63) is 104 Å². The number of aryl methyl sites for hydroxylation is 1. The first-order valence-electron chi connectivity index (χ1n) is 14.2. The second kappa shape index (κ2) is 13.2. The minimum Gasteiger partial charge on any atom is -0.493 e. The molecule has 1 N–H and O–H groups in total. The van der Waals surface area contributed by atoms with E-state index in [0.717, 1.165) is 23.8 Å². The molecule has 0 unspecified atom stereocenters. The SMILES string of the molecule is COc1cc(C)ccc1O[C@H](O)CCN1CCC(OC(=O)c2ccc([N+](=O)[O-])cc2[N+](=O)[O-])(c2cnc3ccccc3n2)CC1. The van der Waals surface area contributed by atoms with Crippen molar-refractivity contribution in [1.29, 1.82) is 0 Å². The molecule has 1 aliphatic rings. The fourth-order valence-electron chi connectivity index (χ4n) is 5.29. The Hall–Kier alpha value is -5.21. The molecule has 234 valence electrons. The summed E-state index contributed by atoms with van der Waals surface area (Å²) >= 11 is 0. The van der Waals surface area contributed by atoms with E-state index >= 15 is 0 Å². The summed E-state index contributed by atoms with van der Waals surface area (Å²) in [5.41, 5.74) is -0.345. The smallest absolute Gasteiger partial charge is 0.346 e.